The van der Waals surface area contributed by atoms with Crippen LogP contribution < -0.4 is 5.73 Å². The highest BCUT2D eigenvalue weighted by Gasteiger charge is 2.08. The largest absolute Gasteiger partial charge is 0.341 e. The standard InChI is InChI=1S/C14H22N2O/c1-12-6-5-7-13(10-12)11-16(2)14(17)8-3-4-9-15/h5-7,10H,3-4,8-9,11,15H2,1-2H3. The highest BCUT2D eigenvalue weighted by Crippen LogP contribution is 2.08. The maximum atomic E-state index is 11.8. The highest BCUT2D eigenvalue weighted by atomic mass is 16.2. The summed E-state index contributed by atoms with van der Waals surface area (Å²) in [7, 11) is 1.85. The average Bonchev–Trinajstić information content (AvgIpc) is 2.29. The molecular weight excluding hydrogens is 212 g/mol. The molecule has 1 aromatic rings. The molecule has 0 saturated heterocycles. The van der Waals surface area contributed by atoms with Crippen LogP contribution >= 0.6 is 0 Å². The topological polar surface area (TPSA) is 46.3 Å². The van der Waals surface area contributed by atoms with Crippen molar-refractivity contribution in [1.82, 2.24) is 4.90 Å². The zero-order chi connectivity index (χ0) is 12.7. The summed E-state index contributed by atoms with van der Waals surface area (Å²) in [6.45, 7) is 3.41. The Bertz CT molecular complexity index is 363. The monoisotopic (exact) mass is 234 g/mol. The second-order valence-electron chi connectivity index (χ2n) is 4.48. The van der Waals surface area contributed by atoms with Gasteiger partial charge in [-0.15, -0.1) is 0 Å². The minimum atomic E-state index is 0.194. The quantitative estimate of drug-likeness (QED) is 0.766. The van der Waals surface area contributed by atoms with Crippen LogP contribution in [0.1, 0.15) is 30.4 Å². The number of hydrogen-bond acceptors (Lipinski definition) is 2. The number of aryl methyl sites for hydroxylation is 1. The van der Waals surface area contributed by atoms with Crippen LogP contribution in [0.25, 0.3) is 0 Å². The van der Waals surface area contributed by atoms with Crippen molar-refractivity contribution in [1.29, 1.82) is 0 Å². The molecule has 0 heterocycles. The summed E-state index contributed by atoms with van der Waals surface area (Å²) in [5.41, 5.74) is 7.81. The van der Waals surface area contributed by atoms with Crippen LogP contribution in [0.5, 0.6) is 0 Å². The molecule has 0 bridgehead atoms. The van der Waals surface area contributed by atoms with Gasteiger partial charge in [0.25, 0.3) is 0 Å². The van der Waals surface area contributed by atoms with Crippen molar-refractivity contribution < 1.29 is 4.79 Å². The molecule has 0 aromatic heterocycles. The predicted octanol–water partition coefficient (Wildman–Crippen LogP) is 2.08. The Kier molecular flexibility index (Phi) is 5.70. The number of unbranched alkanes of at least 4 members (excludes halogenated alkanes) is 1. The van der Waals surface area contributed by atoms with Gasteiger partial charge in [-0.05, 0) is 31.9 Å². The van der Waals surface area contributed by atoms with Crippen molar-refractivity contribution in [2.24, 2.45) is 5.73 Å². The van der Waals surface area contributed by atoms with Gasteiger partial charge in [0.15, 0.2) is 0 Å². The van der Waals surface area contributed by atoms with E-state index in [1.165, 1.54) is 11.1 Å². The zero-order valence-corrected chi connectivity index (χ0v) is 10.8. The first kappa shape index (κ1) is 13.7. The van der Waals surface area contributed by atoms with Crippen LogP contribution in [0.2, 0.25) is 0 Å². The Morgan fingerprint density at radius 1 is 1.35 bits per heavy atom. The van der Waals surface area contributed by atoms with Crippen molar-refractivity contribution in [3.8, 4) is 0 Å². The van der Waals surface area contributed by atoms with E-state index in [-0.39, 0.29) is 5.91 Å². The number of nitrogens with zero attached hydrogens (tertiary/aromatic N) is 1. The summed E-state index contributed by atoms with van der Waals surface area (Å²) in [6.07, 6.45) is 2.40. The van der Waals surface area contributed by atoms with Crippen LogP contribution in [-0.4, -0.2) is 24.4 Å². The van der Waals surface area contributed by atoms with E-state index in [0.29, 0.717) is 19.5 Å². The van der Waals surface area contributed by atoms with Gasteiger partial charge in [0.2, 0.25) is 5.91 Å². The fraction of sp³-hybridized carbons (Fsp3) is 0.500. The molecule has 0 aliphatic heterocycles. The van der Waals surface area contributed by atoms with Crippen molar-refractivity contribution >= 4 is 5.91 Å². The van der Waals surface area contributed by atoms with Crippen LogP contribution in [0.4, 0.5) is 0 Å². The van der Waals surface area contributed by atoms with Gasteiger partial charge in [-0.2, -0.15) is 0 Å². The third-order valence-corrected chi connectivity index (χ3v) is 2.77. The summed E-state index contributed by atoms with van der Waals surface area (Å²) < 4.78 is 0. The van der Waals surface area contributed by atoms with E-state index in [1.54, 1.807) is 4.90 Å². The number of amides is 1. The molecule has 0 spiro atoms. The molecule has 0 unspecified atom stereocenters. The fourth-order valence-electron chi connectivity index (χ4n) is 1.78. The molecule has 1 rings (SSSR count). The second-order valence-corrected chi connectivity index (χ2v) is 4.48. The lowest BCUT2D eigenvalue weighted by atomic mass is 10.1. The smallest absolute Gasteiger partial charge is 0.222 e. The maximum Gasteiger partial charge on any atom is 0.222 e. The van der Waals surface area contributed by atoms with E-state index in [1.807, 2.05) is 13.1 Å². The molecule has 1 amide bonds. The maximum absolute atomic E-state index is 11.8. The Balaban J connectivity index is 2.43. The number of carbonyl (C=O) groups excluding carboxylic acids is 1. The predicted molar refractivity (Wildman–Crippen MR) is 70.6 cm³/mol. The average molecular weight is 234 g/mol. The van der Waals surface area contributed by atoms with E-state index in [9.17, 15) is 4.79 Å². The van der Waals surface area contributed by atoms with Gasteiger partial charge >= 0.3 is 0 Å². The van der Waals surface area contributed by atoms with Crippen molar-refractivity contribution in [2.45, 2.75) is 32.7 Å². The fourth-order valence-corrected chi connectivity index (χ4v) is 1.78. The van der Waals surface area contributed by atoms with Crippen LogP contribution in [0.3, 0.4) is 0 Å². The number of carbonyl (C=O) groups is 1. The lowest BCUT2D eigenvalue weighted by Gasteiger charge is -2.17. The van der Waals surface area contributed by atoms with Gasteiger partial charge in [-0.3, -0.25) is 4.79 Å². The first-order chi connectivity index (χ1) is 8.13. The van der Waals surface area contributed by atoms with Gasteiger partial charge in [0.05, 0.1) is 0 Å². The molecule has 0 atom stereocenters. The Morgan fingerprint density at radius 3 is 2.76 bits per heavy atom. The van der Waals surface area contributed by atoms with E-state index >= 15 is 0 Å². The molecule has 0 aliphatic carbocycles. The molecule has 0 fully saturated rings. The Morgan fingerprint density at radius 2 is 2.12 bits per heavy atom. The first-order valence-electron chi connectivity index (χ1n) is 6.13. The Hall–Kier alpha value is -1.35. The van der Waals surface area contributed by atoms with E-state index < -0.39 is 0 Å². The molecule has 3 nitrogen and oxygen atoms in total. The minimum Gasteiger partial charge on any atom is -0.341 e. The molecule has 0 radical (unpaired) electrons. The number of nitrogens with two attached hydrogens (primary N) is 1. The Labute approximate surface area is 104 Å². The van der Waals surface area contributed by atoms with Gasteiger partial charge in [-0.1, -0.05) is 29.8 Å². The van der Waals surface area contributed by atoms with Crippen LogP contribution in [0, 0.1) is 6.92 Å². The molecule has 3 heteroatoms. The first-order valence-corrected chi connectivity index (χ1v) is 6.13. The van der Waals surface area contributed by atoms with Crippen LogP contribution in [-0.2, 0) is 11.3 Å². The number of hydrogen-bond donors (Lipinski definition) is 1. The van der Waals surface area contributed by atoms with Gasteiger partial charge in [-0.25, -0.2) is 0 Å². The van der Waals surface area contributed by atoms with E-state index in [2.05, 4.69) is 25.1 Å². The third kappa shape index (κ3) is 5.00. The van der Waals surface area contributed by atoms with Gasteiger partial charge in [0, 0.05) is 20.0 Å². The molecular formula is C14H22N2O. The lowest BCUT2D eigenvalue weighted by molar-refractivity contribution is -0.130. The SMILES string of the molecule is Cc1cccc(CN(C)C(=O)CCCCN)c1. The summed E-state index contributed by atoms with van der Waals surface area (Å²) in [6, 6.07) is 8.25. The zero-order valence-electron chi connectivity index (χ0n) is 10.8. The molecule has 2 N–H and O–H groups in total. The molecule has 94 valence electrons. The summed E-state index contributed by atoms with van der Waals surface area (Å²) >= 11 is 0. The highest BCUT2D eigenvalue weighted by molar-refractivity contribution is 5.75. The molecule has 0 saturated carbocycles. The number of rotatable bonds is 6. The minimum absolute atomic E-state index is 0.194. The van der Waals surface area contributed by atoms with Gasteiger partial charge in [0.1, 0.15) is 0 Å². The van der Waals surface area contributed by atoms with Crippen LogP contribution in [0.15, 0.2) is 24.3 Å². The van der Waals surface area contributed by atoms with Gasteiger partial charge < -0.3 is 10.6 Å². The molecule has 17 heavy (non-hydrogen) atoms. The van der Waals surface area contributed by atoms with Crippen molar-refractivity contribution in [3.05, 3.63) is 35.4 Å². The summed E-state index contributed by atoms with van der Waals surface area (Å²) in [5.74, 6) is 0.194. The normalized spacial score (nSPS) is 10.3. The van der Waals surface area contributed by atoms with E-state index in [4.69, 9.17) is 5.73 Å². The summed E-state index contributed by atoms with van der Waals surface area (Å²) in [4.78, 5) is 13.6. The third-order valence-electron chi connectivity index (χ3n) is 2.77. The summed E-state index contributed by atoms with van der Waals surface area (Å²) in [5, 5.41) is 0. The van der Waals surface area contributed by atoms with Crippen molar-refractivity contribution in [2.75, 3.05) is 13.6 Å². The van der Waals surface area contributed by atoms with Crippen molar-refractivity contribution in [3.63, 3.8) is 0 Å². The second kappa shape index (κ2) is 7.07. The molecule has 1 aromatic carbocycles. The molecule has 0 aliphatic rings. The van der Waals surface area contributed by atoms with E-state index in [0.717, 1.165) is 12.8 Å². The number of benzene rings is 1. The lowest BCUT2D eigenvalue weighted by Crippen LogP contribution is -2.26.